The van der Waals surface area contributed by atoms with Gasteiger partial charge in [0, 0.05) is 6.54 Å². The van der Waals surface area contributed by atoms with E-state index in [1.165, 1.54) is 18.2 Å². The minimum absolute atomic E-state index is 0.0909. The highest BCUT2D eigenvalue weighted by molar-refractivity contribution is 6.34. The van der Waals surface area contributed by atoms with Crippen molar-refractivity contribution in [3.05, 3.63) is 34.6 Å². The Bertz CT molecular complexity index is 457. The van der Waals surface area contributed by atoms with Gasteiger partial charge in [-0.25, -0.2) is 4.39 Å². The van der Waals surface area contributed by atoms with Gasteiger partial charge in [-0.2, -0.15) is 0 Å². The summed E-state index contributed by atoms with van der Waals surface area (Å²) in [5.74, 6) is -1.02. The van der Waals surface area contributed by atoms with E-state index in [0.29, 0.717) is 6.54 Å². The van der Waals surface area contributed by atoms with E-state index in [1.807, 2.05) is 0 Å². The average Bonchev–Trinajstić information content (AvgIpc) is 2.27. The Morgan fingerprint density at radius 2 is 2.05 bits per heavy atom. The molecule has 0 aromatic heterocycles. The third-order valence-corrected chi connectivity index (χ3v) is 3.21. The van der Waals surface area contributed by atoms with Crippen molar-refractivity contribution in [3.63, 3.8) is 0 Å². The highest BCUT2D eigenvalue weighted by Crippen LogP contribution is 2.23. The third kappa shape index (κ3) is 5.37. The lowest BCUT2D eigenvalue weighted by Gasteiger charge is -2.22. The second-order valence-corrected chi connectivity index (χ2v) is 6.67. The molecular formula is C14H18Cl2FNO. The van der Waals surface area contributed by atoms with Gasteiger partial charge in [0.25, 0.3) is 5.91 Å². The van der Waals surface area contributed by atoms with Crippen LogP contribution >= 0.6 is 23.2 Å². The predicted octanol–water partition coefficient (Wildman–Crippen LogP) is 4.25. The molecule has 0 bridgehead atoms. The first-order valence-electron chi connectivity index (χ1n) is 6.07. The zero-order chi connectivity index (χ0) is 14.6. The molecule has 1 atom stereocenters. The number of nitrogens with one attached hydrogen (secondary N) is 1. The maximum Gasteiger partial charge on any atom is 0.252 e. The summed E-state index contributed by atoms with van der Waals surface area (Å²) in [4.78, 5) is 11.9. The van der Waals surface area contributed by atoms with Crippen LogP contribution in [0.25, 0.3) is 0 Å². The Kier molecular flexibility index (Phi) is 5.63. The van der Waals surface area contributed by atoms with Gasteiger partial charge < -0.3 is 5.32 Å². The van der Waals surface area contributed by atoms with Gasteiger partial charge in [-0.15, -0.1) is 11.6 Å². The lowest BCUT2D eigenvalue weighted by Crippen LogP contribution is -2.31. The van der Waals surface area contributed by atoms with E-state index in [2.05, 4.69) is 26.1 Å². The predicted molar refractivity (Wildman–Crippen MR) is 77.5 cm³/mol. The summed E-state index contributed by atoms with van der Waals surface area (Å²) in [6, 6.07) is 4.14. The molecule has 1 aromatic rings. The minimum atomic E-state index is -0.605. The first-order chi connectivity index (χ1) is 8.70. The standard InChI is InChI=1S/C14H18Cl2FNO/c1-14(2,3)7-9(15)8-18-13(19)10-5-4-6-11(17)12(10)16/h4-6,9H,7-8H2,1-3H3,(H,18,19). The van der Waals surface area contributed by atoms with E-state index in [1.54, 1.807) is 0 Å². The fourth-order valence-corrected chi connectivity index (χ4v) is 2.47. The smallest absolute Gasteiger partial charge is 0.252 e. The summed E-state index contributed by atoms with van der Waals surface area (Å²) in [5.41, 5.74) is 0.217. The third-order valence-electron chi connectivity index (χ3n) is 2.51. The minimum Gasteiger partial charge on any atom is -0.351 e. The van der Waals surface area contributed by atoms with Gasteiger partial charge in [-0.3, -0.25) is 4.79 Å². The second-order valence-electron chi connectivity index (χ2n) is 5.67. The number of carbonyl (C=O) groups excluding carboxylic acids is 1. The largest absolute Gasteiger partial charge is 0.351 e. The Labute approximate surface area is 123 Å². The van der Waals surface area contributed by atoms with Crippen LogP contribution in [0.1, 0.15) is 37.6 Å². The molecule has 1 amide bonds. The Morgan fingerprint density at radius 1 is 1.42 bits per heavy atom. The van der Waals surface area contributed by atoms with E-state index in [0.717, 1.165) is 6.42 Å². The number of carbonyl (C=O) groups is 1. The molecule has 5 heteroatoms. The van der Waals surface area contributed by atoms with Gasteiger partial charge >= 0.3 is 0 Å². The number of amides is 1. The lowest BCUT2D eigenvalue weighted by molar-refractivity contribution is 0.0951. The van der Waals surface area contributed by atoms with Gasteiger partial charge in [-0.1, -0.05) is 38.4 Å². The van der Waals surface area contributed by atoms with Crippen molar-refractivity contribution in [1.29, 1.82) is 0 Å². The summed E-state index contributed by atoms with van der Waals surface area (Å²) in [5, 5.41) is 2.33. The van der Waals surface area contributed by atoms with Crippen LogP contribution in [0, 0.1) is 11.2 Å². The number of rotatable bonds is 4. The fraction of sp³-hybridized carbons (Fsp3) is 0.500. The zero-order valence-corrected chi connectivity index (χ0v) is 12.8. The molecule has 1 rings (SSSR count). The number of halogens is 3. The molecule has 0 aliphatic heterocycles. The van der Waals surface area contributed by atoms with Crippen molar-refractivity contribution in [2.75, 3.05) is 6.54 Å². The van der Waals surface area contributed by atoms with E-state index < -0.39 is 11.7 Å². The Hall–Kier alpha value is -0.800. The van der Waals surface area contributed by atoms with Crippen molar-refractivity contribution in [3.8, 4) is 0 Å². The molecule has 0 saturated carbocycles. The molecule has 2 nitrogen and oxygen atoms in total. The van der Waals surface area contributed by atoms with E-state index >= 15 is 0 Å². The van der Waals surface area contributed by atoms with Crippen molar-refractivity contribution >= 4 is 29.1 Å². The molecule has 0 aliphatic carbocycles. The molecule has 0 aliphatic rings. The summed E-state index contributed by atoms with van der Waals surface area (Å²) in [7, 11) is 0. The molecule has 0 fully saturated rings. The van der Waals surface area contributed by atoms with Gasteiger partial charge in [0.1, 0.15) is 5.82 Å². The second kappa shape index (κ2) is 6.58. The maximum absolute atomic E-state index is 13.2. The van der Waals surface area contributed by atoms with Crippen LogP contribution in [0.2, 0.25) is 5.02 Å². The molecular weight excluding hydrogens is 288 g/mol. The van der Waals surface area contributed by atoms with Crippen LogP contribution in [-0.4, -0.2) is 17.8 Å². The summed E-state index contributed by atoms with van der Waals surface area (Å²) < 4.78 is 13.2. The van der Waals surface area contributed by atoms with Crippen LogP contribution in [0.3, 0.4) is 0 Å². The number of hydrogen-bond acceptors (Lipinski definition) is 1. The summed E-state index contributed by atoms with van der Waals surface area (Å²) in [6.07, 6.45) is 0.770. The van der Waals surface area contributed by atoms with E-state index in [4.69, 9.17) is 23.2 Å². The van der Waals surface area contributed by atoms with Crippen LogP contribution in [0.4, 0.5) is 4.39 Å². The normalized spacial score (nSPS) is 13.2. The first-order valence-corrected chi connectivity index (χ1v) is 6.88. The van der Waals surface area contributed by atoms with Crippen molar-refractivity contribution < 1.29 is 9.18 Å². The van der Waals surface area contributed by atoms with Gasteiger partial charge in [0.05, 0.1) is 16.0 Å². The fourth-order valence-electron chi connectivity index (χ4n) is 1.71. The Balaban J connectivity index is 2.59. The molecule has 0 saturated heterocycles. The average molecular weight is 306 g/mol. The van der Waals surface area contributed by atoms with Gasteiger partial charge in [0.2, 0.25) is 0 Å². The van der Waals surface area contributed by atoms with Crippen molar-refractivity contribution in [2.24, 2.45) is 5.41 Å². The molecule has 0 radical (unpaired) electrons. The topological polar surface area (TPSA) is 29.1 Å². The number of benzene rings is 1. The lowest BCUT2D eigenvalue weighted by atomic mass is 9.90. The van der Waals surface area contributed by atoms with Crippen molar-refractivity contribution in [2.45, 2.75) is 32.6 Å². The van der Waals surface area contributed by atoms with E-state index in [-0.39, 0.29) is 21.4 Å². The Morgan fingerprint density at radius 3 is 2.63 bits per heavy atom. The highest BCUT2D eigenvalue weighted by atomic mass is 35.5. The SMILES string of the molecule is CC(C)(C)CC(Cl)CNC(=O)c1cccc(F)c1Cl. The summed E-state index contributed by atoms with van der Waals surface area (Å²) in [6.45, 7) is 6.55. The molecule has 1 aromatic carbocycles. The molecule has 106 valence electrons. The van der Waals surface area contributed by atoms with Crippen molar-refractivity contribution in [1.82, 2.24) is 5.32 Å². The number of alkyl halides is 1. The molecule has 0 heterocycles. The first kappa shape index (κ1) is 16.3. The summed E-state index contributed by atoms with van der Waals surface area (Å²) >= 11 is 11.9. The van der Waals surface area contributed by atoms with Crippen LogP contribution in [-0.2, 0) is 0 Å². The number of hydrogen-bond donors (Lipinski definition) is 1. The highest BCUT2D eigenvalue weighted by Gasteiger charge is 2.19. The quantitative estimate of drug-likeness (QED) is 0.828. The van der Waals surface area contributed by atoms with Crippen LogP contribution in [0.5, 0.6) is 0 Å². The van der Waals surface area contributed by atoms with Gasteiger partial charge in [0.15, 0.2) is 0 Å². The molecule has 19 heavy (non-hydrogen) atoms. The monoisotopic (exact) mass is 305 g/mol. The van der Waals surface area contributed by atoms with Crippen LogP contribution < -0.4 is 5.32 Å². The van der Waals surface area contributed by atoms with Gasteiger partial charge in [-0.05, 0) is 24.0 Å². The van der Waals surface area contributed by atoms with E-state index in [9.17, 15) is 9.18 Å². The molecule has 0 spiro atoms. The van der Waals surface area contributed by atoms with Crippen LogP contribution in [0.15, 0.2) is 18.2 Å². The molecule has 1 unspecified atom stereocenters. The molecule has 1 N–H and O–H groups in total. The maximum atomic E-state index is 13.2. The zero-order valence-electron chi connectivity index (χ0n) is 11.3.